The Morgan fingerprint density at radius 3 is 2.78 bits per heavy atom. The van der Waals surface area contributed by atoms with Gasteiger partial charge in [-0.1, -0.05) is 6.92 Å². The molecule has 0 aromatic rings. The zero-order valence-electron chi connectivity index (χ0n) is 10.9. The van der Waals surface area contributed by atoms with Crippen molar-refractivity contribution in [3.05, 3.63) is 0 Å². The number of aliphatic hydroxyl groups excluding tert-OH is 2. The zero-order chi connectivity index (χ0) is 13.5. The first-order valence-corrected chi connectivity index (χ1v) is 6.20. The van der Waals surface area contributed by atoms with Gasteiger partial charge in [0.1, 0.15) is 0 Å². The van der Waals surface area contributed by atoms with E-state index < -0.39 is 12.6 Å². The molecule has 1 aliphatic rings. The molecule has 106 valence electrons. The van der Waals surface area contributed by atoms with Crippen LogP contribution >= 0.6 is 0 Å². The molecule has 4 unspecified atom stereocenters. The summed E-state index contributed by atoms with van der Waals surface area (Å²) >= 11 is 0. The predicted octanol–water partition coefficient (Wildman–Crippen LogP) is 0.266. The number of ether oxygens (including phenoxy) is 3. The van der Waals surface area contributed by atoms with E-state index >= 15 is 0 Å². The Morgan fingerprint density at radius 1 is 1.39 bits per heavy atom. The van der Waals surface area contributed by atoms with Crippen LogP contribution in [0.5, 0.6) is 0 Å². The van der Waals surface area contributed by atoms with Crippen LogP contribution in [0.2, 0.25) is 0 Å². The minimum Gasteiger partial charge on any atom is -0.469 e. The predicted molar refractivity (Wildman–Crippen MR) is 62.4 cm³/mol. The number of esters is 1. The van der Waals surface area contributed by atoms with Gasteiger partial charge in [-0.2, -0.15) is 0 Å². The van der Waals surface area contributed by atoms with Crippen LogP contribution in [0.15, 0.2) is 0 Å². The maximum absolute atomic E-state index is 11.3. The summed E-state index contributed by atoms with van der Waals surface area (Å²) in [7, 11) is 1.35. The minimum absolute atomic E-state index is 0.0538. The van der Waals surface area contributed by atoms with Gasteiger partial charge >= 0.3 is 5.97 Å². The molecule has 0 aliphatic carbocycles. The molecule has 1 heterocycles. The maximum atomic E-state index is 11.3. The van der Waals surface area contributed by atoms with Crippen molar-refractivity contribution in [1.82, 2.24) is 0 Å². The number of aliphatic hydroxyl groups is 2. The fourth-order valence-corrected chi connectivity index (χ4v) is 2.02. The standard InChI is InChI=1S/C12H22O6/c1-8(12(15)16-2)5-9-6-11(14)17-4-3-10(13)18-7-9/h8-11,13-14H,3-7H2,1-2H3. The number of rotatable bonds is 3. The van der Waals surface area contributed by atoms with E-state index in [1.165, 1.54) is 7.11 Å². The van der Waals surface area contributed by atoms with Crippen LogP contribution < -0.4 is 0 Å². The molecule has 2 N–H and O–H groups in total. The summed E-state index contributed by atoms with van der Waals surface area (Å²) in [4.78, 5) is 11.3. The van der Waals surface area contributed by atoms with E-state index in [0.29, 0.717) is 25.9 Å². The van der Waals surface area contributed by atoms with E-state index in [9.17, 15) is 15.0 Å². The van der Waals surface area contributed by atoms with Gasteiger partial charge in [-0.05, 0) is 12.3 Å². The summed E-state index contributed by atoms with van der Waals surface area (Å²) in [5.41, 5.74) is 0. The van der Waals surface area contributed by atoms with E-state index in [2.05, 4.69) is 4.74 Å². The Morgan fingerprint density at radius 2 is 2.11 bits per heavy atom. The summed E-state index contributed by atoms with van der Waals surface area (Å²) in [5, 5.41) is 19.1. The number of carbonyl (C=O) groups is 1. The summed E-state index contributed by atoms with van der Waals surface area (Å²) in [6.45, 7) is 2.31. The van der Waals surface area contributed by atoms with Crippen LogP contribution in [-0.4, -0.2) is 49.1 Å². The van der Waals surface area contributed by atoms with E-state index in [4.69, 9.17) is 9.47 Å². The Kier molecular flexibility index (Phi) is 6.56. The lowest BCUT2D eigenvalue weighted by Crippen LogP contribution is -2.24. The van der Waals surface area contributed by atoms with Crippen molar-refractivity contribution in [3.63, 3.8) is 0 Å². The number of hydrogen-bond donors (Lipinski definition) is 2. The lowest BCUT2D eigenvalue weighted by molar-refractivity contribution is -0.146. The second kappa shape index (κ2) is 7.68. The number of hydrogen-bond acceptors (Lipinski definition) is 6. The van der Waals surface area contributed by atoms with Gasteiger partial charge in [0, 0.05) is 12.8 Å². The molecular formula is C12H22O6. The van der Waals surface area contributed by atoms with Gasteiger partial charge in [0.25, 0.3) is 0 Å². The van der Waals surface area contributed by atoms with E-state index in [1.54, 1.807) is 6.92 Å². The minimum atomic E-state index is -0.883. The monoisotopic (exact) mass is 262 g/mol. The second-order valence-electron chi connectivity index (χ2n) is 4.66. The van der Waals surface area contributed by atoms with Gasteiger partial charge in [-0.25, -0.2) is 0 Å². The zero-order valence-corrected chi connectivity index (χ0v) is 10.9. The normalized spacial score (nSPS) is 31.9. The van der Waals surface area contributed by atoms with Crippen molar-refractivity contribution in [2.75, 3.05) is 20.3 Å². The fraction of sp³-hybridized carbons (Fsp3) is 0.917. The summed E-state index contributed by atoms with van der Waals surface area (Å²) in [5.74, 6) is -0.610. The van der Waals surface area contributed by atoms with Crippen molar-refractivity contribution >= 4 is 5.97 Å². The Bertz CT molecular complexity index is 257. The van der Waals surface area contributed by atoms with Gasteiger partial charge < -0.3 is 24.4 Å². The van der Waals surface area contributed by atoms with Crippen molar-refractivity contribution in [1.29, 1.82) is 0 Å². The van der Waals surface area contributed by atoms with Crippen LogP contribution in [0.25, 0.3) is 0 Å². The lowest BCUT2D eigenvalue weighted by Gasteiger charge is -2.21. The van der Waals surface area contributed by atoms with Crippen LogP contribution in [0.4, 0.5) is 0 Å². The molecule has 0 spiro atoms. The maximum Gasteiger partial charge on any atom is 0.308 e. The topological polar surface area (TPSA) is 85.2 Å². The van der Waals surface area contributed by atoms with Gasteiger partial charge in [0.2, 0.25) is 0 Å². The summed E-state index contributed by atoms with van der Waals surface area (Å²) in [6.07, 6.45) is -0.524. The van der Waals surface area contributed by atoms with Crippen LogP contribution in [0.1, 0.15) is 26.2 Å². The van der Waals surface area contributed by atoms with Gasteiger partial charge in [-0.3, -0.25) is 4.79 Å². The first-order chi connectivity index (χ1) is 8.52. The molecule has 0 saturated carbocycles. The highest BCUT2D eigenvalue weighted by Crippen LogP contribution is 2.21. The Balaban J connectivity index is 2.51. The quantitative estimate of drug-likeness (QED) is 0.710. The molecule has 0 aromatic heterocycles. The molecule has 6 heteroatoms. The summed E-state index contributed by atoms with van der Waals surface area (Å²) in [6, 6.07) is 0. The Hall–Kier alpha value is -0.690. The Labute approximate surface area is 107 Å². The lowest BCUT2D eigenvalue weighted by atomic mass is 9.93. The van der Waals surface area contributed by atoms with Gasteiger partial charge in [-0.15, -0.1) is 0 Å². The molecule has 1 aliphatic heterocycles. The third-order valence-corrected chi connectivity index (χ3v) is 3.02. The van der Waals surface area contributed by atoms with Crippen LogP contribution in [0.3, 0.4) is 0 Å². The van der Waals surface area contributed by atoms with E-state index in [0.717, 1.165) is 0 Å². The average Bonchev–Trinajstić information content (AvgIpc) is 2.40. The van der Waals surface area contributed by atoms with Crippen molar-refractivity contribution < 1.29 is 29.2 Å². The molecule has 0 amide bonds. The third kappa shape index (κ3) is 5.30. The first-order valence-electron chi connectivity index (χ1n) is 6.20. The molecule has 1 fully saturated rings. The SMILES string of the molecule is COC(=O)C(C)CC1COC(O)CCOC(O)C1. The second-order valence-corrected chi connectivity index (χ2v) is 4.66. The molecule has 0 bridgehead atoms. The number of methoxy groups -OCH3 is 1. The molecule has 18 heavy (non-hydrogen) atoms. The highest BCUT2D eigenvalue weighted by Gasteiger charge is 2.24. The van der Waals surface area contributed by atoms with Crippen LogP contribution in [-0.2, 0) is 19.0 Å². The molecule has 6 nitrogen and oxygen atoms in total. The van der Waals surface area contributed by atoms with Gasteiger partial charge in [0.15, 0.2) is 12.6 Å². The smallest absolute Gasteiger partial charge is 0.308 e. The van der Waals surface area contributed by atoms with Crippen LogP contribution in [0, 0.1) is 11.8 Å². The third-order valence-electron chi connectivity index (χ3n) is 3.02. The van der Waals surface area contributed by atoms with Crippen molar-refractivity contribution in [2.45, 2.75) is 38.8 Å². The average molecular weight is 262 g/mol. The fourth-order valence-electron chi connectivity index (χ4n) is 2.02. The van der Waals surface area contributed by atoms with Gasteiger partial charge in [0.05, 0.1) is 26.2 Å². The molecule has 0 aromatic carbocycles. The van der Waals surface area contributed by atoms with Crippen molar-refractivity contribution in [2.24, 2.45) is 11.8 Å². The number of carbonyl (C=O) groups excluding carboxylic acids is 1. The molecule has 1 rings (SSSR count). The highest BCUT2D eigenvalue weighted by atomic mass is 16.6. The van der Waals surface area contributed by atoms with E-state index in [-0.39, 0.29) is 24.4 Å². The molecule has 1 saturated heterocycles. The first kappa shape index (κ1) is 15.4. The molecular weight excluding hydrogens is 240 g/mol. The molecule has 4 atom stereocenters. The highest BCUT2D eigenvalue weighted by molar-refractivity contribution is 5.71. The summed E-state index contributed by atoms with van der Waals surface area (Å²) < 4.78 is 15.0. The van der Waals surface area contributed by atoms with Crippen molar-refractivity contribution in [3.8, 4) is 0 Å². The molecule has 0 radical (unpaired) electrons. The largest absolute Gasteiger partial charge is 0.469 e. The van der Waals surface area contributed by atoms with E-state index in [1.807, 2.05) is 0 Å².